The van der Waals surface area contributed by atoms with Crippen LogP contribution in [0.1, 0.15) is 0 Å². The van der Waals surface area contributed by atoms with E-state index in [2.05, 4.69) is 14.7 Å². The van der Waals surface area contributed by atoms with Gasteiger partial charge in [0.2, 0.25) is 0 Å². The van der Waals surface area contributed by atoms with E-state index >= 15 is 0 Å². The van der Waals surface area contributed by atoms with Crippen LogP contribution in [0.4, 0.5) is 11.4 Å². The molecule has 0 bridgehead atoms. The second kappa shape index (κ2) is 5.11. The van der Waals surface area contributed by atoms with Gasteiger partial charge in [-0.15, -0.1) is 0 Å². The number of hydrogen-bond donors (Lipinski definition) is 2. The van der Waals surface area contributed by atoms with Crippen molar-refractivity contribution in [1.29, 1.82) is 0 Å². The van der Waals surface area contributed by atoms with Gasteiger partial charge in [0.15, 0.2) is 0 Å². The van der Waals surface area contributed by atoms with E-state index in [0.29, 0.717) is 5.69 Å². The zero-order valence-corrected chi connectivity index (χ0v) is 10.9. The van der Waals surface area contributed by atoms with Crippen LogP contribution in [-0.2, 0) is 10.0 Å². The van der Waals surface area contributed by atoms with Crippen molar-refractivity contribution in [3.8, 4) is 5.75 Å². The van der Waals surface area contributed by atoms with Gasteiger partial charge in [-0.2, -0.15) is 0 Å². The van der Waals surface area contributed by atoms with Gasteiger partial charge in [0.1, 0.15) is 17.0 Å². The Balaban J connectivity index is 2.40. The molecule has 0 atom stereocenters. The number of anilines is 2. The van der Waals surface area contributed by atoms with Crippen LogP contribution in [0.25, 0.3) is 0 Å². The molecule has 0 amide bonds. The first-order valence-electron chi connectivity index (χ1n) is 5.24. The smallest absolute Gasteiger partial charge is 0.265 e. The summed E-state index contributed by atoms with van der Waals surface area (Å²) in [7, 11) is -2.41. The van der Waals surface area contributed by atoms with Gasteiger partial charge in [-0.1, -0.05) is 0 Å². The Morgan fingerprint density at radius 3 is 2.58 bits per heavy atom. The van der Waals surface area contributed by atoms with Crippen molar-refractivity contribution < 1.29 is 13.2 Å². The molecule has 0 spiro atoms. The van der Waals surface area contributed by atoms with E-state index in [-0.39, 0.29) is 16.3 Å². The van der Waals surface area contributed by atoms with E-state index in [0.717, 1.165) is 0 Å². The Hall–Kier alpha value is -2.35. The summed E-state index contributed by atoms with van der Waals surface area (Å²) in [5.74, 6) is 0.171. The first-order valence-corrected chi connectivity index (χ1v) is 6.72. The zero-order valence-electron chi connectivity index (χ0n) is 10.1. The van der Waals surface area contributed by atoms with Crippen molar-refractivity contribution in [3.63, 3.8) is 0 Å². The van der Waals surface area contributed by atoms with E-state index < -0.39 is 10.0 Å². The zero-order chi connectivity index (χ0) is 13.9. The summed E-state index contributed by atoms with van der Waals surface area (Å²) in [6.07, 6.45) is 4.02. The predicted molar refractivity (Wildman–Crippen MR) is 70.2 cm³/mol. The van der Waals surface area contributed by atoms with Crippen molar-refractivity contribution in [2.45, 2.75) is 4.90 Å². The van der Waals surface area contributed by atoms with Crippen molar-refractivity contribution in [3.05, 3.63) is 36.9 Å². The molecule has 8 heteroatoms. The molecule has 0 aliphatic carbocycles. The predicted octanol–water partition coefficient (Wildman–Crippen LogP) is 0.868. The lowest BCUT2D eigenvalue weighted by Gasteiger charge is -2.11. The SMILES string of the molecule is COc1cc(N)ccc1S(=O)(=O)Nc1cncnc1. The number of sulfonamides is 1. The van der Waals surface area contributed by atoms with Crippen molar-refractivity contribution in [2.24, 2.45) is 0 Å². The number of aromatic nitrogens is 2. The van der Waals surface area contributed by atoms with E-state index in [1.165, 1.54) is 44.0 Å². The van der Waals surface area contributed by atoms with Crippen LogP contribution >= 0.6 is 0 Å². The minimum absolute atomic E-state index is 0.00643. The topological polar surface area (TPSA) is 107 Å². The Morgan fingerprint density at radius 1 is 1.26 bits per heavy atom. The van der Waals surface area contributed by atoms with Gasteiger partial charge in [0.05, 0.1) is 25.2 Å². The molecule has 1 aromatic carbocycles. The number of nitrogens with two attached hydrogens (primary N) is 1. The van der Waals surface area contributed by atoms with Crippen LogP contribution in [0.2, 0.25) is 0 Å². The fraction of sp³-hybridized carbons (Fsp3) is 0.0909. The molecule has 100 valence electrons. The van der Waals surface area contributed by atoms with Gasteiger partial charge < -0.3 is 10.5 Å². The Kier molecular flexibility index (Phi) is 3.52. The standard InChI is InChI=1S/C11H12N4O3S/c1-18-10-4-8(12)2-3-11(10)19(16,17)15-9-5-13-7-14-6-9/h2-7,15H,12H2,1H3. The molecular formula is C11H12N4O3S. The van der Waals surface area contributed by atoms with Gasteiger partial charge in [-0.25, -0.2) is 18.4 Å². The molecule has 19 heavy (non-hydrogen) atoms. The first-order chi connectivity index (χ1) is 9.03. The van der Waals surface area contributed by atoms with Gasteiger partial charge >= 0.3 is 0 Å². The van der Waals surface area contributed by atoms with E-state index in [9.17, 15) is 8.42 Å². The molecule has 0 aliphatic heterocycles. The minimum atomic E-state index is -3.78. The minimum Gasteiger partial charge on any atom is -0.495 e. The van der Waals surface area contributed by atoms with Crippen LogP contribution in [0.3, 0.4) is 0 Å². The number of rotatable bonds is 4. The quantitative estimate of drug-likeness (QED) is 0.805. The van der Waals surface area contributed by atoms with Crippen LogP contribution in [0.5, 0.6) is 5.75 Å². The van der Waals surface area contributed by atoms with Gasteiger partial charge in [0, 0.05) is 11.8 Å². The summed E-state index contributed by atoms with van der Waals surface area (Å²) >= 11 is 0. The van der Waals surface area contributed by atoms with Crippen LogP contribution < -0.4 is 15.2 Å². The maximum atomic E-state index is 12.2. The number of benzene rings is 1. The second-order valence-electron chi connectivity index (χ2n) is 3.64. The monoisotopic (exact) mass is 280 g/mol. The lowest BCUT2D eigenvalue weighted by atomic mass is 10.3. The Morgan fingerprint density at radius 2 is 1.95 bits per heavy atom. The highest BCUT2D eigenvalue weighted by atomic mass is 32.2. The third kappa shape index (κ3) is 2.91. The summed E-state index contributed by atoms with van der Waals surface area (Å²) in [6, 6.07) is 4.30. The summed E-state index contributed by atoms with van der Waals surface area (Å²) in [4.78, 5) is 7.45. The molecule has 0 unspecified atom stereocenters. The van der Waals surface area contributed by atoms with Gasteiger partial charge in [-0.05, 0) is 12.1 Å². The second-order valence-corrected chi connectivity index (χ2v) is 5.29. The molecule has 0 saturated carbocycles. The summed E-state index contributed by atoms with van der Waals surface area (Å²) in [5.41, 5.74) is 6.26. The van der Waals surface area contributed by atoms with Crippen molar-refractivity contribution in [2.75, 3.05) is 17.6 Å². The average Bonchev–Trinajstić information content (AvgIpc) is 2.38. The van der Waals surface area contributed by atoms with E-state index in [1.54, 1.807) is 0 Å². The molecule has 0 fully saturated rings. The summed E-state index contributed by atoms with van der Waals surface area (Å²) in [6.45, 7) is 0. The highest BCUT2D eigenvalue weighted by Crippen LogP contribution is 2.27. The van der Waals surface area contributed by atoms with Crippen molar-refractivity contribution in [1.82, 2.24) is 9.97 Å². The van der Waals surface area contributed by atoms with Crippen molar-refractivity contribution >= 4 is 21.4 Å². The molecule has 0 radical (unpaired) electrons. The third-order valence-electron chi connectivity index (χ3n) is 2.29. The molecule has 2 rings (SSSR count). The molecule has 0 saturated heterocycles. The fourth-order valence-electron chi connectivity index (χ4n) is 1.47. The highest BCUT2D eigenvalue weighted by Gasteiger charge is 2.19. The number of nitrogens with one attached hydrogen (secondary N) is 1. The number of methoxy groups -OCH3 is 1. The maximum Gasteiger partial charge on any atom is 0.265 e. The molecule has 7 nitrogen and oxygen atoms in total. The molecular weight excluding hydrogens is 268 g/mol. The van der Waals surface area contributed by atoms with E-state index in [4.69, 9.17) is 10.5 Å². The third-order valence-corrected chi connectivity index (χ3v) is 3.71. The maximum absolute atomic E-state index is 12.2. The molecule has 1 aromatic heterocycles. The number of hydrogen-bond acceptors (Lipinski definition) is 6. The van der Waals surface area contributed by atoms with Gasteiger partial charge in [0.25, 0.3) is 10.0 Å². The molecule has 0 aliphatic rings. The molecule has 1 heterocycles. The number of nitrogen functional groups attached to an aromatic ring is 1. The number of ether oxygens (including phenoxy) is 1. The van der Waals surface area contributed by atoms with E-state index in [1.807, 2.05) is 0 Å². The Labute approximate surface area is 110 Å². The normalized spacial score (nSPS) is 11.0. The lowest BCUT2D eigenvalue weighted by molar-refractivity contribution is 0.403. The van der Waals surface area contributed by atoms with Crippen LogP contribution in [0, 0.1) is 0 Å². The molecule has 3 N–H and O–H groups in total. The Bertz CT molecular complexity index is 674. The van der Waals surface area contributed by atoms with Crippen LogP contribution in [0.15, 0.2) is 41.8 Å². The molecule has 2 aromatic rings. The number of nitrogens with zero attached hydrogens (tertiary/aromatic N) is 2. The van der Waals surface area contributed by atoms with Gasteiger partial charge in [-0.3, -0.25) is 4.72 Å². The van der Waals surface area contributed by atoms with Crippen LogP contribution in [-0.4, -0.2) is 25.5 Å². The lowest BCUT2D eigenvalue weighted by Crippen LogP contribution is -2.14. The first kappa shape index (κ1) is 13.1. The highest BCUT2D eigenvalue weighted by molar-refractivity contribution is 7.92. The average molecular weight is 280 g/mol. The fourth-order valence-corrected chi connectivity index (χ4v) is 2.65. The largest absolute Gasteiger partial charge is 0.495 e. The summed E-state index contributed by atoms with van der Waals surface area (Å²) < 4.78 is 31.8. The summed E-state index contributed by atoms with van der Waals surface area (Å²) in [5, 5.41) is 0.